The van der Waals surface area contributed by atoms with Gasteiger partial charge < -0.3 is 5.32 Å². The van der Waals surface area contributed by atoms with Crippen LogP contribution in [0.3, 0.4) is 0 Å². The molecule has 0 saturated heterocycles. The second-order valence-electron chi connectivity index (χ2n) is 5.02. The topological polar surface area (TPSA) is 24.9 Å². The number of aromatic nitrogens is 1. The first-order valence-corrected chi connectivity index (χ1v) is 7.16. The number of anilines is 1. The molecule has 106 valence electrons. The summed E-state index contributed by atoms with van der Waals surface area (Å²) in [6.07, 6.45) is 2.89. The Balaban J connectivity index is 2.07. The first-order chi connectivity index (χ1) is 10.3. The van der Waals surface area contributed by atoms with Gasteiger partial charge >= 0.3 is 0 Å². The normalized spacial score (nSPS) is 10.8. The maximum Gasteiger partial charge on any atom is 0.123 e. The highest BCUT2D eigenvalue weighted by atomic mass is 19.1. The first kappa shape index (κ1) is 13.6. The van der Waals surface area contributed by atoms with Crippen molar-refractivity contribution in [3.8, 4) is 11.1 Å². The van der Waals surface area contributed by atoms with Crippen LogP contribution < -0.4 is 5.32 Å². The third-order valence-electron chi connectivity index (χ3n) is 3.48. The van der Waals surface area contributed by atoms with Gasteiger partial charge in [0.1, 0.15) is 5.82 Å². The third-order valence-corrected chi connectivity index (χ3v) is 3.48. The smallest absolute Gasteiger partial charge is 0.123 e. The second kappa shape index (κ2) is 5.92. The summed E-state index contributed by atoms with van der Waals surface area (Å²) < 4.78 is 13.0. The molecule has 1 N–H and O–H groups in total. The minimum Gasteiger partial charge on any atom is -0.384 e. The molecule has 0 spiro atoms. The average Bonchev–Trinajstić information content (AvgIpc) is 2.53. The number of fused-ring (bicyclic) bond motifs is 1. The van der Waals surface area contributed by atoms with Crippen molar-refractivity contribution in [1.29, 1.82) is 0 Å². The molecule has 0 aliphatic carbocycles. The zero-order valence-corrected chi connectivity index (χ0v) is 11.9. The number of halogens is 1. The van der Waals surface area contributed by atoms with Crippen molar-refractivity contribution in [1.82, 2.24) is 4.98 Å². The van der Waals surface area contributed by atoms with E-state index < -0.39 is 0 Å². The maximum atomic E-state index is 13.0. The van der Waals surface area contributed by atoms with E-state index in [9.17, 15) is 4.39 Å². The lowest BCUT2D eigenvalue weighted by molar-refractivity contribution is 0.628. The van der Waals surface area contributed by atoms with E-state index in [4.69, 9.17) is 0 Å². The molecule has 0 atom stereocenters. The number of hydrogen-bond acceptors (Lipinski definition) is 2. The van der Waals surface area contributed by atoms with Gasteiger partial charge in [-0.05, 0) is 47.9 Å². The standard InChI is InChI=1S/C18H17FN2/c1-2-10-20-18-9-11-21-17-8-5-14(12-16(17)18)13-3-6-15(19)7-4-13/h3-9,11-12H,2,10H2,1H3,(H,20,21). The molecule has 1 heterocycles. The zero-order chi connectivity index (χ0) is 14.7. The predicted molar refractivity (Wildman–Crippen MR) is 85.9 cm³/mol. The molecular weight excluding hydrogens is 263 g/mol. The molecule has 3 rings (SSSR count). The Hall–Kier alpha value is -2.42. The van der Waals surface area contributed by atoms with Crippen LogP contribution >= 0.6 is 0 Å². The third kappa shape index (κ3) is 2.87. The fraction of sp³-hybridized carbons (Fsp3) is 0.167. The molecule has 2 aromatic carbocycles. The molecule has 0 aliphatic rings. The van der Waals surface area contributed by atoms with Gasteiger partial charge in [0.2, 0.25) is 0 Å². The van der Waals surface area contributed by atoms with Gasteiger partial charge in [-0.25, -0.2) is 4.39 Å². The number of pyridine rings is 1. The summed E-state index contributed by atoms with van der Waals surface area (Å²) in [6, 6.07) is 14.7. The lowest BCUT2D eigenvalue weighted by atomic mass is 10.0. The van der Waals surface area contributed by atoms with Crippen molar-refractivity contribution in [2.45, 2.75) is 13.3 Å². The van der Waals surface area contributed by atoms with E-state index in [-0.39, 0.29) is 5.82 Å². The molecule has 1 aromatic heterocycles. The van der Waals surface area contributed by atoms with Crippen LogP contribution in [0.15, 0.2) is 54.7 Å². The van der Waals surface area contributed by atoms with Gasteiger partial charge in [0.25, 0.3) is 0 Å². The largest absolute Gasteiger partial charge is 0.384 e. The molecule has 21 heavy (non-hydrogen) atoms. The predicted octanol–water partition coefficient (Wildman–Crippen LogP) is 4.86. The van der Waals surface area contributed by atoms with Crippen molar-refractivity contribution >= 4 is 16.6 Å². The van der Waals surface area contributed by atoms with Crippen molar-refractivity contribution in [2.75, 3.05) is 11.9 Å². The van der Waals surface area contributed by atoms with Crippen LogP contribution in [0.4, 0.5) is 10.1 Å². The van der Waals surface area contributed by atoms with Crippen molar-refractivity contribution < 1.29 is 4.39 Å². The molecule has 0 fully saturated rings. The number of hydrogen-bond donors (Lipinski definition) is 1. The second-order valence-corrected chi connectivity index (χ2v) is 5.02. The Kier molecular flexibility index (Phi) is 3.82. The summed E-state index contributed by atoms with van der Waals surface area (Å²) in [5, 5.41) is 4.52. The van der Waals surface area contributed by atoms with E-state index >= 15 is 0 Å². The summed E-state index contributed by atoms with van der Waals surface area (Å²) in [4.78, 5) is 4.40. The molecule has 3 aromatic rings. The molecule has 0 bridgehead atoms. The van der Waals surface area contributed by atoms with Crippen LogP contribution in [0.5, 0.6) is 0 Å². The van der Waals surface area contributed by atoms with E-state index in [1.54, 1.807) is 12.1 Å². The molecular formula is C18H17FN2. The van der Waals surface area contributed by atoms with Crippen LogP contribution in [-0.4, -0.2) is 11.5 Å². The van der Waals surface area contributed by atoms with Gasteiger partial charge in [-0.1, -0.05) is 25.1 Å². The van der Waals surface area contributed by atoms with Gasteiger partial charge in [-0.15, -0.1) is 0 Å². The van der Waals surface area contributed by atoms with Crippen LogP contribution in [0.2, 0.25) is 0 Å². The molecule has 0 amide bonds. The van der Waals surface area contributed by atoms with Crippen molar-refractivity contribution in [3.63, 3.8) is 0 Å². The van der Waals surface area contributed by atoms with Gasteiger partial charge in [0.05, 0.1) is 5.52 Å². The fourth-order valence-electron chi connectivity index (χ4n) is 2.38. The molecule has 0 aliphatic heterocycles. The summed E-state index contributed by atoms with van der Waals surface area (Å²) in [5.41, 5.74) is 4.12. The van der Waals surface area contributed by atoms with Crippen LogP contribution in [0.25, 0.3) is 22.0 Å². The van der Waals surface area contributed by atoms with Crippen LogP contribution in [-0.2, 0) is 0 Å². The zero-order valence-electron chi connectivity index (χ0n) is 11.9. The Bertz CT molecular complexity index is 751. The van der Waals surface area contributed by atoms with Gasteiger partial charge in [-0.2, -0.15) is 0 Å². The first-order valence-electron chi connectivity index (χ1n) is 7.16. The monoisotopic (exact) mass is 280 g/mol. The SMILES string of the molecule is CCCNc1ccnc2ccc(-c3ccc(F)cc3)cc12. The summed E-state index contributed by atoms with van der Waals surface area (Å²) in [5.74, 6) is -0.216. The van der Waals surface area contributed by atoms with E-state index in [0.29, 0.717) is 0 Å². The Morgan fingerprint density at radius 1 is 1.00 bits per heavy atom. The van der Waals surface area contributed by atoms with E-state index in [1.807, 2.05) is 24.4 Å². The Morgan fingerprint density at radius 3 is 2.52 bits per heavy atom. The number of benzene rings is 2. The van der Waals surface area contributed by atoms with Crippen molar-refractivity contribution in [3.05, 3.63) is 60.5 Å². The quantitative estimate of drug-likeness (QED) is 0.738. The highest BCUT2D eigenvalue weighted by Crippen LogP contribution is 2.28. The summed E-state index contributed by atoms with van der Waals surface area (Å²) >= 11 is 0. The molecule has 0 radical (unpaired) electrons. The number of rotatable bonds is 4. The summed E-state index contributed by atoms with van der Waals surface area (Å²) in [6.45, 7) is 3.07. The van der Waals surface area contributed by atoms with Gasteiger partial charge in [0.15, 0.2) is 0 Å². The van der Waals surface area contributed by atoms with Gasteiger partial charge in [-0.3, -0.25) is 4.98 Å². The van der Waals surface area contributed by atoms with Crippen LogP contribution in [0, 0.1) is 5.82 Å². The van der Waals surface area contributed by atoms with E-state index in [0.717, 1.165) is 40.7 Å². The lowest BCUT2D eigenvalue weighted by Gasteiger charge is -2.10. The molecule has 0 unspecified atom stereocenters. The van der Waals surface area contributed by atoms with Crippen molar-refractivity contribution in [2.24, 2.45) is 0 Å². The molecule has 2 nitrogen and oxygen atoms in total. The highest BCUT2D eigenvalue weighted by molar-refractivity contribution is 5.94. The lowest BCUT2D eigenvalue weighted by Crippen LogP contribution is -2.00. The van der Waals surface area contributed by atoms with Gasteiger partial charge in [0, 0.05) is 23.8 Å². The summed E-state index contributed by atoms with van der Waals surface area (Å²) in [7, 11) is 0. The minimum atomic E-state index is -0.216. The molecule has 3 heteroatoms. The Morgan fingerprint density at radius 2 is 1.76 bits per heavy atom. The highest BCUT2D eigenvalue weighted by Gasteiger charge is 2.04. The van der Waals surface area contributed by atoms with E-state index in [2.05, 4.69) is 23.3 Å². The van der Waals surface area contributed by atoms with E-state index in [1.165, 1.54) is 12.1 Å². The number of nitrogens with zero attached hydrogens (tertiary/aromatic N) is 1. The minimum absolute atomic E-state index is 0.216. The molecule has 0 saturated carbocycles. The average molecular weight is 280 g/mol. The number of nitrogens with one attached hydrogen (secondary N) is 1. The Labute approximate surface area is 123 Å². The maximum absolute atomic E-state index is 13.0. The van der Waals surface area contributed by atoms with Crippen LogP contribution in [0.1, 0.15) is 13.3 Å². The fourth-order valence-corrected chi connectivity index (χ4v) is 2.38.